The third-order valence-corrected chi connectivity index (χ3v) is 6.20. The van der Waals surface area contributed by atoms with Crippen LogP contribution < -0.4 is 27.0 Å². The lowest BCUT2D eigenvalue weighted by Crippen LogP contribution is -2.56. The Morgan fingerprint density at radius 1 is 0.914 bits per heavy atom. The Hall–Kier alpha value is -2.94. The second-order valence-corrected chi connectivity index (χ2v) is 9.52. The Labute approximate surface area is 208 Å². The molecule has 0 radical (unpaired) electrons. The fourth-order valence-corrected chi connectivity index (χ4v) is 4.04. The van der Waals surface area contributed by atoms with Gasteiger partial charge in [0.05, 0.1) is 19.0 Å². The Morgan fingerprint density at radius 2 is 1.63 bits per heavy atom. The molecule has 1 aliphatic heterocycles. The van der Waals surface area contributed by atoms with Crippen molar-refractivity contribution in [3.8, 4) is 0 Å². The number of nitrogens with one attached hydrogen (secondary N) is 4. The van der Waals surface area contributed by atoms with Gasteiger partial charge in [-0.25, -0.2) is 0 Å². The number of carbonyl (C=O) groups is 4. The molecule has 194 valence electrons. The summed E-state index contributed by atoms with van der Waals surface area (Å²) in [6.07, 6.45) is 4.89. The first kappa shape index (κ1) is 28.3. The van der Waals surface area contributed by atoms with Crippen molar-refractivity contribution in [2.75, 3.05) is 13.1 Å². The minimum absolute atomic E-state index is 0.0218. The van der Waals surface area contributed by atoms with Gasteiger partial charge in [0.15, 0.2) is 0 Å². The van der Waals surface area contributed by atoms with Gasteiger partial charge >= 0.3 is 0 Å². The maximum absolute atomic E-state index is 13.3. The lowest BCUT2D eigenvalue weighted by Gasteiger charge is -2.27. The van der Waals surface area contributed by atoms with Crippen LogP contribution in [0.2, 0.25) is 0 Å². The van der Waals surface area contributed by atoms with Gasteiger partial charge in [-0.3, -0.25) is 19.2 Å². The molecular weight excluding hydrogens is 446 g/mol. The van der Waals surface area contributed by atoms with E-state index >= 15 is 0 Å². The van der Waals surface area contributed by atoms with Crippen molar-refractivity contribution in [1.29, 1.82) is 0 Å². The molecule has 1 fully saturated rings. The van der Waals surface area contributed by atoms with Crippen molar-refractivity contribution < 1.29 is 19.2 Å². The fourth-order valence-electron chi connectivity index (χ4n) is 4.04. The SMILES string of the molecule is CCCCc1ccc([C@H]2CC(=O)NCC(=O)N[C@@H](CCCCN)C(=O)N[C@@H](C(C)C)C(=O)N2)cc1. The highest BCUT2D eigenvalue weighted by atomic mass is 16.2. The van der Waals surface area contributed by atoms with E-state index in [0.717, 1.165) is 24.8 Å². The van der Waals surface area contributed by atoms with E-state index in [2.05, 4.69) is 28.2 Å². The molecule has 4 amide bonds. The van der Waals surface area contributed by atoms with E-state index in [1.165, 1.54) is 5.56 Å². The van der Waals surface area contributed by atoms with Crippen LogP contribution in [-0.2, 0) is 25.6 Å². The first-order valence-electron chi connectivity index (χ1n) is 12.7. The van der Waals surface area contributed by atoms with Crippen LogP contribution in [0.3, 0.4) is 0 Å². The average molecular weight is 488 g/mol. The van der Waals surface area contributed by atoms with Crippen LogP contribution in [0.5, 0.6) is 0 Å². The Kier molecular flexibility index (Phi) is 11.7. The van der Waals surface area contributed by atoms with Crippen molar-refractivity contribution in [3.63, 3.8) is 0 Å². The number of nitrogens with two attached hydrogens (primary N) is 1. The number of hydrogen-bond donors (Lipinski definition) is 5. The molecule has 1 aromatic rings. The number of rotatable bonds is 9. The first-order valence-corrected chi connectivity index (χ1v) is 12.7. The van der Waals surface area contributed by atoms with Crippen molar-refractivity contribution in [1.82, 2.24) is 21.3 Å². The van der Waals surface area contributed by atoms with Gasteiger partial charge in [0.25, 0.3) is 0 Å². The van der Waals surface area contributed by atoms with Gasteiger partial charge in [-0.05, 0) is 55.7 Å². The summed E-state index contributed by atoms with van der Waals surface area (Å²) in [6.45, 7) is 6.06. The Bertz CT molecular complexity index is 856. The van der Waals surface area contributed by atoms with E-state index < -0.39 is 29.9 Å². The molecule has 1 aromatic carbocycles. The summed E-state index contributed by atoms with van der Waals surface area (Å²) in [7, 11) is 0. The summed E-state index contributed by atoms with van der Waals surface area (Å²) in [5.41, 5.74) is 7.55. The highest BCUT2D eigenvalue weighted by Gasteiger charge is 2.31. The predicted octanol–water partition coefficient (Wildman–Crippen LogP) is 1.46. The van der Waals surface area contributed by atoms with Crippen molar-refractivity contribution in [2.24, 2.45) is 11.7 Å². The summed E-state index contributed by atoms with van der Waals surface area (Å²) in [5, 5.41) is 11.1. The van der Waals surface area contributed by atoms with Crippen LogP contribution in [0, 0.1) is 5.92 Å². The second kappa shape index (κ2) is 14.5. The van der Waals surface area contributed by atoms with Crippen LogP contribution in [-0.4, -0.2) is 48.8 Å². The molecule has 1 saturated heterocycles. The molecular formula is C26H41N5O4. The van der Waals surface area contributed by atoms with Crippen molar-refractivity contribution in [2.45, 2.75) is 83.8 Å². The summed E-state index contributed by atoms with van der Waals surface area (Å²) in [6, 6.07) is 5.65. The smallest absolute Gasteiger partial charge is 0.243 e. The van der Waals surface area contributed by atoms with Gasteiger partial charge in [-0.2, -0.15) is 0 Å². The third kappa shape index (κ3) is 9.32. The lowest BCUT2D eigenvalue weighted by atomic mass is 9.97. The zero-order valence-corrected chi connectivity index (χ0v) is 21.2. The number of benzene rings is 1. The summed E-state index contributed by atoms with van der Waals surface area (Å²) < 4.78 is 0. The standard InChI is InChI=1S/C26H41N5O4/c1-4-5-8-18-10-12-19(13-11-18)21-15-22(32)28-16-23(33)29-20(9-6-7-14-27)25(34)31-24(17(2)3)26(35)30-21/h10-13,17,20-21,24H,4-9,14-16,27H2,1-3H3,(H,28,32)(H,29,33)(H,30,35)(H,31,34)/t20-,21+,24-/m0/s1. The van der Waals surface area contributed by atoms with Gasteiger partial charge in [0.2, 0.25) is 23.6 Å². The molecule has 2 rings (SSSR count). The van der Waals surface area contributed by atoms with E-state index in [1.807, 2.05) is 38.1 Å². The minimum atomic E-state index is -0.813. The van der Waals surface area contributed by atoms with Crippen LogP contribution in [0.1, 0.15) is 76.5 Å². The molecule has 6 N–H and O–H groups in total. The normalized spacial score (nSPS) is 22.3. The van der Waals surface area contributed by atoms with Crippen LogP contribution in [0.4, 0.5) is 0 Å². The van der Waals surface area contributed by atoms with Gasteiger partial charge in [0, 0.05) is 0 Å². The van der Waals surface area contributed by atoms with E-state index in [1.54, 1.807) is 0 Å². The van der Waals surface area contributed by atoms with Gasteiger partial charge in [-0.1, -0.05) is 51.5 Å². The summed E-state index contributed by atoms with van der Waals surface area (Å²) in [4.78, 5) is 51.4. The van der Waals surface area contributed by atoms with Crippen LogP contribution in [0.15, 0.2) is 24.3 Å². The molecule has 1 aliphatic rings. The highest BCUT2D eigenvalue weighted by Crippen LogP contribution is 2.20. The number of hydrogen-bond acceptors (Lipinski definition) is 5. The zero-order valence-electron chi connectivity index (χ0n) is 21.2. The topological polar surface area (TPSA) is 142 Å². The van der Waals surface area contributed by atoms with Crippen molar-refractivity contribution in [3.05, 3.63) is 35.4 Å². The quantitative estimate of drug-likeness (QED) is 0.335. The molecule has 3 atom stereocenters. The number of amides is 4. The predicted molar refractivity (Wildman–Crippen MR) is 135 cm³/mol. The minimum Gasteiger partial charge on any atom is -0.347 e. The molecule has 0 saturated carbocycles. The zero-order chi connectivity index (χ0) is 25.8. The number of aryl methyl sites for hydroxylation is 1. The molecule has 0 aromatic heterocycles. The number of unbranched alkanes of at least 4 members (excludes halogenated alkanes) is 2. The highest BCUT2D eigenvalue weighted by molar-refractivity contribution is 5.94. The maximum Gasteiger partial charge on any atom is 0.243 e. The monoisotopic (exact) mass is 487 g/mol. The van der Waals surface area contributed by atoms with Crippen LogP contribution in [0.25, 0.3) is 0 Å². The fraction of sp³-hybridized carbons (Fsp3) is 0.615. The number of carbonyl (C=O) groups excluding carboxylic acids is 4. The molecule has 0 aliphatic carbocycles. The van der Waals surface area contributed by atoms with Gasteiger partial charge < -0.3 is 27.0 Å². The molecule has 0 spiro atoms. The molecule has 35 heavy (non-hydrogen) atoms. The maximum atomic E-state index is 13.3. The van der Waals surface area contributed by atoms with Gasteiger partial charge in [-0.15, -0.1) is 0 Å². The molecule has 9 nitrogen and oxygen atoms in total. The van der Waals surface area contributed by atoms with E-state index in [9.17, 15) is 19.2 Å². The average Bonchev–Trinajstić information content (AvgIpc) is 2.83. The van der Waals surface area contributed by atoms with Gasteiger partial charge in [0.1, 0.15) is 12.1 Å². The van der Waals surface area contributed by atoms with Crippen LogP contribution >= 0.6 is 0 Å². The molecule has 1 heterocycles. The molecule has 9 heteroatoms. The van der Waals surface area contributed by atoms with E-state index in [4.69, 9.17) is 5.73 Å². The first-order chi connectivity index (χ1) is 16.7. The molecule has 0 unspecified atom stereocenters. The molecule has 0 bridgehead atoms. The Balaban J connectivity index is 2.28. The summed E-state index contributed by atoms with van der Waals surface area (Å²) in [5.74, 6) is -1.81. The largest absolute Gasteiger partial charge is 0.347 e. The lowest BCUT2D eigenvalue weighted by molar-refractivity contribution is -0.133. The summed E-state index contributed by atoms with van der Waals surface area (Å²) >= 11 is 0. The Morgan fingerprint density at radius 3 is 2.26 bits per heavy atom. The van der Waals surface area contributed by atoms with Crippen molar-refractivity contribution >= 4 is 23.6 Å². The van der Waals surface area contributed by atoms with E-state index in [-0.39, 0.29) is 30.7 Å². The van der Waals surface area contributed by atoms with E-state index in [0.29, 0.717) is 25.8 Å². The second-order valence-electron chi connectivity index (χ2n) is 9.52. The third-order valence-electron chi connectivity index (χ3n) is 6.20.